The second-order valence-corrected chi connectivity index (χ2v) is 9.62. The number of hydrogen-bond acceptors (Lipinski definition) is 8. The van der Waals surface area contributed by atoms with Crippen LogP contribution in [0.2, 0.25) is 0 Å². The molecule has 10 heteroatoms. The van der Waals surface area contributed by atoms with Crippen molar-refractivity contribution in [3.63, 3.8) is 0 Å². The quantitative estimate of drug-likeness (QED) is 0.611. The van der Waals surface area contributed by atoms with Crippen LogP contribution in [0.5, 0.6) is 11.5 Å². The molecule has 0 bridgehead atoms. The summed E-state index contributed by atoms with van der Waals surface area (Å²) >= 11 is 1.70. The van der Waals surface area contributed by atoms with Crippen molar-refractivity contribution in [3.8, 4) is 11.5 Å². The van der Waals surface area contributed by atoms with Crippen molar-refractivity contribution in [2.24, 2.45) is 0 Å². The summed E-state index contributed by atoms with van der Waals surface area (Å²) < 4.78 is 27.1. The van der Waals surface area contributed by atoms with E-state index in [1.165, 1.54) is 6.07 Å². The fourth-order valence-electron chi connectivity index (χ4n) is 4.86. The minimum atomic E-state index is -0.531. The molecule has 3 aromatic rings. The summed E-state index contributed by atoms with van der Waals surface area (Å²) in [5.74, 6) is 1.13. The normalized spacial score (nSPS) is 20.5. The molecule has 1 fully saturated rings. The van der Waals surface area contributed by atoms with Crippen molar-refractivity contribution >= 4 is 22.8 Å². The first-order chi connectivity index (χ1) is 16.2. The molecule has 1 unspecified atom stereocenters. The number of hydrogen-bond donors (Lipinski definition) is 1. The van der Waals surface area contributed by atoms with Crippen LogP contribution in [-0.4, -0.2) is 57.7 Å². The third-order valence-corrected chi connectivity index (χ3v) is 7.45. The molecule has 1 atom stereocenters. The number of halogens is 1. The van der Waals surface area contributed by atoms with Gasteiger partial charge in [-0.15, -0.1) is 0 Å². The molecule has 6 heterocycles. The molecule has 1 saturated heterocycles. The molecule has 0 radical (unpaired) electrons. The van der Waals surface area contributed by atoms with Crippen LogP contribution in [0, 0.1) is 5.82 Å². The highest BCUT2D eigenvalue weighted by atomic mass is 32.2. The molecular weight excluding hydrogens is 445 g/mol. The van der Waals surface area contributed by atoms with E-state index in [0.29, 0.717) is 29.6 Å². The van der Waals surface area contributed by atoms with E-state index in [4.69, 9.17) is 9.47 Å². The molecule has 6 rings (SSSR count). The molecule has 3 aliphatic heterocycles. The number of nitrogens with one attached hydrogen (secondary N) is 1. The predicted molar refractivity (Wildman–Crippen MR) is 122 cm³/mol. The van der Waals surface area contributed by atoms with Gasteiger partial charge in [-0.1, -0.05) is 11.8 Å². The lowest BCUT2D eigenvalue weighted by Gasteiger charge is -2.36. The summed E-state index contributed by atoms with van der Waals surface area (Å²) in [6.07, 6.45) is 4.99. The van der Waals surface area contributed by atoms with E-state index in [1.807, 2.05) is 6.20 Å². The first kappa shape index (κ1) is 20.9. The molecule has 0 saturated carbocycles. The zero-order valence-corrected chi connectivity index (χ0v) is 18.8. The molecule has 8 nitrogen and oxygen atoms in total. The SMILES string of the molecule is O=c1ccc2ncc(F)c3c2n1C(CN1CCC(NCc2cc4c(cn2)OCS4)CC1)CO3. The summed E-state index contributed by atoms with van der Waals surface area (Å²) in [6, 6.07) is 5.49. The highest BCUT2D eigenvalue weighted by Crippen LogP contribution is 2.35. The smallest absolute Gasteiger partial charge is 0.251 e. The summed E-state index contributed by atoms with van der Waals surface area (Å²) in [6.45, 7) is 3.55. The number of aromatic nitrogens is 3. The van der Waals surface area contributed by atoms with E-state index in [9.17, 15) is 9.18 Å². The van der Waals surface area contributed by atoms with Crippen molar-refractivity contribution < 1.29 is 13.9 Å². The van der Waals surface area contributed by atoms with Crippen molar-refractivity contribution in [3.05, 3.63) is 52.5 Å². The average molecular weight is 470 g/mol. The highest BCUT2D eigenvalue weighted by molar-refractivity contribution is 7.99. The van der Waals surface area contributed by atoms with Gasteiger partial charge in [0.05, 0.1) is 34.5 Å². The maximum atomic E-state index is 14.2. The van der Waals surface area contributed by atoms with Crippen LogP contribution in [0.1, 0.15) is 24.6 Å². The van der Waals surface area contributed by atoms with Crippen molar-refractivity contribution in [1.29, 1.82) is 0 Å². The van der Waals surface area contributed by atoms with Gasteiger partial charge in [-0.05, 0) is 38.1 Å². The van der Waals surface area contributed by atoms with Gasteiger partial charge in [0.25, 0.3) is 5.56 Å². The number of nitrogens with zero attached hydrogens (tertiary/aromatic N) is 4. The Morgan fingerprint density at radius 3 is 2.94 bits per heavy atom. The molecule has 172 valence electrons. The van der Waals surface area contributed by atoms with Crippen molar-refractivity contribution in [2.75, 3.05) is 32.2 Å². The lowest BCUT2D eigenvalue weighted by molar-refractivity contribution is 0.137. The standard InChI is InChI=1S/C23H24FN5O3S/c24-17-9-27-18-1-2-21(30)29-16(12-31-23(17)22(18)29)11-28-5-3-14(4-6-28)25-8-15-7-20-19(10-26-15)32-13-33-20/h1-2,7,9-10,14,16,25H,3-6,8,11-13H2. The third kappa shape index (κ3) is 3.96. The lowest BCUT2D eigenvalue weighted by Crippen LogP contribution is -2.46. The van der Waals surface area contributed by atoms with Crippen LogP contribution >= 0.6 is 11.8 Å². The minimum Gasteiger partial charge on any atom is -0.486 e. The Bertz CT molecular complexity index is 1260. The van der Waals surface area contributed by atoms with E-state index < -0.39 is 5.82 Å². The number of rotatable bonds is 5. The first-order valence-corrected chi connectivity index (χ1v) is 12.2. The van der Waals surface area contributed by atoms with Gasteiger partial charge in [-0.25, -0.2) is 4.39 Å². The second-order valence-electron chi connectivity index (χ2n) is 8.66. The Kier molecular flexibility index (Phi) is 5.43. The highest BCUT2D eigenvalue weighted by Gasteiger charge is 2.29. The molecular formula is C23H24FN5O3S. The van der Waals surface area contributed by atoms with Gasteiger partial charge in [0.2, 0.25) is 0 Å². The van der Waals surface area contributed by atoms with E-state index in [-0.39, 0.29) is 24.0 Å². The van der Waals surface area contributed by atoms with Crippen LogP contribution in [0.4, 0.5) is 4.39 Å². The average Bonchev–Trinajstić information content (AvgIpc) is 3.31. The summed E-state index contributed by atoms with van der Waals surface area (Å²) in [5, 5.41) is 3.63. The predicted octanol–water partition coefficient (Wildman–Crippen LogP) is 2.56. The summed E-state index contributed by atoms with van der Waals surface area (Å²) in [5.41, 5.74) is 1.91. The molecule has 0 aliphatic carbocycles. The van der Waals surface area contributed by atoms with Gasteiger partial charge in [0.1, 0.15) is 18.1 Å². The largest absolute Gasteiger partial charge is 0.486 e. The fraction of sp³-hybridized carbons (Fsp3) is 0.435. The Morgan fingerprint density at radius 1 is 1.18 bits per heavy atom. The van der Waals surface area contributed by atoms with E-state index in [2.05, 4.69) is 26.3 Å². The van der Waals surface area contributed by atoms with Crippen LogP contribution in [0.25, 0.3) is 11.0 Å². The third-order valence-electron chi connectivity index (χ3n) is 6.58. The molecule has 1 N–H and O–H groups in total. The summed E-state index contributed by atoms with van der Waals surface area (Å²) in [4.78, 5) is 24.8. The van der Waals surface area contributed by atoms with Gasteiger partial charge in [-0.2, -0.15) is 0 Å². The van der Waals surface area contributed by atoms with E-state index in [1.54, 1.807) is 22.4 Å². The minimum absolute atomic E-state index is 0.127. The van der Waals surface area contributed by atoms with Crippen molar-refractivity contribution in [1.82, 2.24) is 24.8 Å². The fourth-order valence-corrected chi connectivity index (χ4v) is 5.65. The molecule has 0 amide bonds. The number of pyridine rings is 3. The molecule has 0 spiro atoms. The van der Waals surface area contributed by atoms with Crippen LogP contribution < -0.4 is 20.3 Å². The van der Waals surface area contributed by atoms with Crippen LogP contribution in [0.3, 0.4) is 0 Å². The van der Waals surface area contributed by atoms with Gasteiger partial charge in [0.15, 0.2) is 17.3 Å². The van der Waals surface area contributed by atoms with E-state index in [0.717, 1.165) is 55.0 Å². The zero-order valence-electron chi connectivity index (χ0n) is 18.0. The topological polar surface area (TPSA) is 81.5 Å². The first-order valence-electron chi connectivity index (χ1n) is 11.2. The second kappa shape index (κ2) is 8.58. The van der Waals surface area contributed by atoms with Gasteiger partial charge < -0.3 is 19.7 Å². The molecule has 3 aliphatic rings. The van der Waals surface area contributed by atoms with Gasteiger partial charge in [-0.3, -0.25) is 19.3 Å². The maximum absolute atomic E-state index is 14.2. The number of fused-ring (bicyclic) bond motifs is 1. The number of piperidine rings is 1. The lowest BCUT2D eigenvalue weighted by atomic mass is 10.0. The Morgan fingerprint density at radius 2 is 2.06 bits per heavy atom. The zero-order chi connectivity index (χ0) is 22.4. The van der Waals surface area contributed by atoms with Crippen molar-refractivity contribution in [2.45, 2.75) is 36.4 Å². The Balaban J connectivity index is 1.09. The number of ether oxygens (including phenoxy) is 2. The summed E-state index contributed by atoms with van der Waals surface area (Å²) in [7, 11) is 0. The van der Waals surface area contributed by atoms with Gasteiger partial charge in [0, 0.05) is 25.2 Å². The van der Waals surface area contributed by atoms with E-state index >= 15 is 0 Å². The Labute approximate surface area is 194 Å². The molecule has 33 heavy (non-hydrogen) atoms. The molecule has 3 aromatic heterocycles. The number of likely N-dealkylation sites (tertiary alicyclic amines) is 1. The van der Waals surface area contributed by atoms with Gasteiger partial charge >= 0.3 is 0 Å². The monoisotopic (exact) mass is 469 g/mol. The van der Waals surface area contributed by atoms with Crippen LogP contribution in [-0.2, 0) is 6.54 Å². The maximum Gasteiger partial charge on any atom is 0.251 e. The molecule has 0 aromatic carbocycles. The Hall–Kier alpha value is -2.69. The van der Waals surface area contributed by atoms with Crippen LogP contribution in [0.15, 0.2) is 40.3 Å². The number of thioether (sulfide) groups is 1.